The van der Waals surface area contributed by atoms with Gasteiger partial charge in [-0.05, 0) is 76.9 Å². The van der Waals surface area contributed by atoms with E-state index in [-0.39, 0.29) is 0 Å². The number of aromatic nitrogens is 1. The molecule has 0 saturated heterocycles. The van der Waals surface area contributed by atoms with E-state index in [2.05, 4.69) is 150 Å². The fourth-order valence-electron chi connectivity index (χ4n) is 7.24. The maximum atomic E-state index is 6.28. The molecule has 0 saturated carbocycles. The van der Waals surface area contributed by atoms with Gasteiger partial charge in [-0.1, -0.05) is 97.1 Å². The van der Waals surface area contributed by atoms with Crippen LogP contribution in [-0.4, -0.2) is 4.57 Å². The summed E-state index contributed by atoms with van der Waals surface area (Å²) in [6.45, 7) is 0. The molecule has 3 heterocycles. The van der Waals surface area contributed by atoms with E-state index in [0.29, 0.717) is 0 Å². The molecular weight excluding hydrogens is 567 g/mol. The van der Waals surface area contributed by atoms with Gasteiger partial charge in [-0.25, -0.2) is 0 Å². The summed E-state index contributed by atoms with van der Waals surface area (Å²) in [6.07, 6.45) is 0. The molecule has 0 N–H and O–H groups in total. The van der Waals surface area contributed by atoms with Crippen LogP contribution in [0.2, 0.25) is 0 Å². The summed E-state index contributed by atoms with van der Waals surface area (Å²) < 4.78 is 11.3. The van der Waals surface area contributed by atoms with Crippen molar-refractivity contribution in [3.63, 3.8) is 0 Å². The number of thiophene rings is 1. The fraction of sp³-hybridized carbons (Fsp3) is 0. The van der Waals surface area contributed by atoms with Gasteiger partial charge >= 0.3 is 0 Å². The van der Waals surface area contributed by atoms with Crippen LogP contribution in [0.1, 0.15) is 0 Å². The lowest BCUT2D eigenvalue weighted by Gasteiger charge is -2.10. The van der Waals surface area contributed by atoms with Crippen LogP contribution in [-0.2, 0) is 0 Å². The molecule has 45 heavy (non-hydrogen) atoms. The van der Waals surface area contributed by atoms with E-state index < -0.39 is 0 Å². The van der Waals surface area contributed by atoms with Crippen molar-refractivity contribution >= 4 is 75.3 Å². The van der Waals surface area contributed by atoms with Crippen molar-refractivity contribution in [3.05, 3.63) is 152 Å². The van der Waals surface area contributed by atoms with E-state index in [1.165, 1.54) is 75.3 Å². The van der Waals surface area contributed by atoms with Crippen molar-refractivity contribution in [2.45, 2.75) is 0 Å². The summed E-state index contributed by atoms with van der Waals surface area (Å²) in [4.78, 5) is 0. The van der Waals surface area contributed by atoms with Gasteiger partial charge in [-0.2, -0.15) is 0 Å². The van der Waals surface area contributed by atoms with Crippen molar-refractivity contribution in [3.8, 4) is 27.9 Å². The first kappa shape index (κ1) is 24.8. The average molecular weight is 592 g/mol. The van der Waals surface area contributed by atoms with Crippen molar-refractivity contribution in [2.75, 3.05) is 0 Å². The molecule has 0 bridgehead atoms. The first-order valence-electron chi connectivity index (χ1n) is 15.3. The van der Waals surface area contributed by atoms with E-state index in [9.17, 15) is 0 Å². The van der Waals surface area contributed by atoms with Gasteiger partial charge in [0.05, 0.1) is 11.0 Å². The summed E-state index contributed by atoms with van der Waals surface area (Å²) in [5.41, 5.74) is 10.4. The lowest BCUT2D eigenvalue weighted by atomic mass is 9.95. The fourth-order valence-corrected chi connectivity index (χ4v) is 8.35. The molecule has 10 aromatic rings. The lowest BCUT2D eigenvalue weighted by molar-refractivity contribution is 0.669. The summed E-state index contributed by atoms with van der Waals surface area (Å²) >= 11 is 1.86. The normalized spacial score (nSPS) is 12.0. The number of para-hydroxylation sites is 2. The van der Waals surface area contributed by atoms with Crippen LogP contribution in [0.3, 0.4) is 0 Å². The van der Waals surface area contributed by atoms with Crippen LogP contribution in [0.25, 0.3) is 91.9 Å². The maximum absolute atomic E-state index is 6.28. The highest BCUT2D eigenvalue weighted by Gasteiger charge is 2.18. The zero-order valence-electron chi connectivity index (χ0n) is 24.2. The molecule has 3 heteroatoms. The van der Waals surface area contributed by atoms with Crippen LogP contribution in [0, 0.1) is 0 Å². The summed E-state index contributed by atoms with van der Waals surface area (Å²) in [5.74, 6) is 0. The Bertz CT molecular complexity index is 2760. The highest BCUT2D eigenvalue weighted by Crippen LogP contribution is 2.45. The molecule has 0 atom stereocenters. The minimum atomic E-state index is 0.922. The van der Waals surface area contributed by atoms with Gasteiger partial charge in [0.25, 0.3) is 0 Å². The van der Waals surface area contributed by atoms with Crippen LogP contribution in [0.15, 0.2) is 156 Å². The second-order valence-corrected chi connectivity index (χ2v) is 12.8. The molecule has 0 aliphatic rings. The van der Waals surface area contributed by atoms with E-state index in [1.54, 1.807) is 0 Å². The minimum absolute atomic E-state index is 0.922. The number of hydrogen-bond acceptors (Lipinski definition) is 2. The van der Waals surface area contributed by atoms with Crippen LogP contribution in [0.5, 0.6) is 0 Å². The van der Waals surface area contributed by atoms with E-state index in [4.69, 9.17) is 4.42 Å². The highest BCUT2D eigenvalue weighted by molar-refractivity contribution is 7.26. The molecule has 210 valence electrons. The Hall–Kier alpha value is -5.64. The zero-order valence-corrected chi connectivity index (χ0v) is 25.0. The third-order valence-corrected chi connectivity index (χ3v) is 10.3. The van der Waals surface area contributed by atoms with Gasteiger partial charge in [0.15, 0.2) is 0 Å². The smallest absolute Gasteiger partial charge is 0.136 e. The number of nitrogens with zero attached hydrogens (tertiary/aromatic N) is 1. The van der Waals surface area contributed by atoms with E-state index in [0.717, 1.165) is 16.6 Å². The Morgan fingerprint density at radius 2 is 1.16 bits per heavy atom. The Labute approximate surface area is 263 Å². The number of hydrogen-bond donors (Lipinski definition) is 0. The molecule has 3 aromatic heterocycles. The quantitative estimate of drug-likeness (QED) is 0.200. The molecule has 10 rings (SSSR count). The van der Waals surface area contributed by atoms with Crippen LogP contribution in [0.4, 0.5) is 0 Å². The third kappa shape index (κ3) is 3.62. The lowest BCUT2D eigenvalue weighted by Crippen LogP contribution is -1.93. The monoisotopic (exact) mass is 591 g/mol. The second kappa shape index (κ2) is 9.43. The molecule has 0 radical (unpaired) electrons. The third-order valence-electron chi connectivity index (χ3n) is 9.21. The van der Waals surface area contributed by atoms with Gasteiger partial charge in [0, 0.05) is 47.4 Å². The van der Waals surface area contributed by atoms with Crippen molar-refractivity contribution in [2.24, 2.45) is 0 Å². The Kier molecular flexibility index (Phi) is 5.19. The molecule has 0 unspecified atom stereocenters. The van der Waals surface area contributed by atoms with Crippen molar-refractivity contribution < 1.29 is 4.42 Å². The highest BCUT2D eigenvalue weighted by atomic mass is 32.1. The Morgan fingerprint density at radius 1 is 0.422 bits per heavy atom. The molecule has 2 nitrogen and oxygen atoms in total. The summed E-state index contributed by atoms with van der Waals surface area (Å²) in [6, 6.07) is 54.7. The average Bonchev–Trinajstić information content (AvgIpc) is 3.77. The summed E-state index contributed by atoms with van der Waals surface area (Å²) in [7, 11) is 0. The minimum Gasteiger partial charge on any atom is -0.456 e. The molecule has 0 amide bonds. The summed E-state index contributed by atoms with van der Waals surface area (Å²) in [5, 5.41) is 7.43. The topological polar surface area (TPSA) is 18.1 Å². The largest absolute Gasteiger partial charge is 0.456 e. The number of fused-ring (bicyclic) bond motifs is 9. The molecule has 0 fully saturated rings. The standard InChI is InChI=1S/C42H25NOS/c1-2-10-26(11-3-1)27-20-22-36-33(24-27)29-12-4-6-16-35(29)43(36)28-21-23-39-34(25-28)42-31(15-9-19-40(42)45-39)30-14-8-18-38-41(30)32-13-5-7-17-37(32)44-38/h1-25H. The molecule has 0 aliphatic carbocycles. The maximum Gasteiger partial charge on any atom is 0.136 e. The molecule has 7 aromatic carbocycles. The van der Waals surface area contributed by atoms with Crippen molar-refractivity contribution in [1.82, 2.24) is 4.57 Å². The number of rotatable bonds is 3. The molecular formula is C42H25NOS. The van der Waals surface area contributed by atoms with Crippen molar-refractivity contribution in [1.29, 1.82) is 0 Å². The predicted molar refractivity (Wildman–Crippen MR) is 192 cm³/mol. The molecule has 0 spiro atoms. The first-order chi connectivity index (χ1) is 22.3. The SMILES string of the molecule is c1ccc(-c2ccc3c(c2)c2ccccc2n3-c2ccc3sc4cccc(-c5cccc6oc7ccccc7c56)c4c3c2)cc1. The van der Waals surface area contributed by atoms with Gasteiger partial charge < -0.3 is 8.98 Å². The Morgan fingerprint density at radius 3 is 2.07 bits per heavy atom. The Balaban J connectivity index is 1.24. The second-order valence-electron chi connectivity index (χ2n) is 11.7. The van der Waals surface area contributed by atoms with Crippen LogP contribution < -0.4 is 0 Å². The number of furan rings is 1. The van der Waals surface area contributed by atoms with E-state index >= 15 is 0 Å². The van der Waals surface area contributed by atoms with E-state index in [1.807, 2.05) is 17.4 Å². The molecule has 0 aliphatic heterocycles. The number of benzene rings is 7. The van der Waals surface area contributed by atoms with Gasteiger partial charge in [-0.15, -0.1) is 11.3 Å². The van der Waals surface area contributed by atoms with Gasteiger partial charge in [0.2, 0.25) is 0 Å². The first-order valence-corrected chi connectivity index (χ1v) is 16.1. The predicted octanol–water partition coefficient (Wildman–Crippen LogP) is 12.4. The zero-order chi connectivity index (χ0) is 29.5. The van der Waals surface area contributed by atoms with Crippen LogP contribution >= 0.6 is 11.3 Å². The van der Waals surface area contributed by atoms with Gasteiger partial charge in [-0.3, -0.25) is 0 Å². The van der Waals surface area contributed by atoms with Gasteiger partial charge in [0.1, 0.15) is 11.2 Å².